The van der Waals surface area contributed by atoms with Gasteiger partial charge >= 0.3 is 0 Å². The van der Waals surface area contributed by atoms with Gasteiger partial charge in [-0.15, -0.1) is 0 Å². The lowest BCUT2D eigenvalue weighted by Crippen LogP contribution is -2.43. The zero-order valence-electron chi connectivity index (χ0n) is 9.97. The van der Waals surface area contributed by atoms with Crippen LogP contribution in [-0.4, -0.2) is 48.2 Å². The van der Waals surface area contributed by atoms with Crippen molar-refractivity contribution >= 4 is 17.6 Å². The molecule has 1 aliphatic heterocycles. The molecule has 18 heavy (non-hydrogen) atoms. The topological polar surface area (TPSA) is 92.5 Å². The van der Waals surface area contributed by atoms with Crippen LogP contribution in [0.25, 0.3) is 0 Å². The highest BCUT2D eigenvalue weighted by Crippen LogP contribution is 2.17. The van der Waals surface area contributed by atoms with E-state index >= 15 is 0 Å². The molecule has 1 saturated heterocycles. The molecule has 0 unspecified atom stereocenters. The van der Waals surface area contributed by atoms with Gasteiger partial charge < -0.3 is 16.0 Å². The van der Waals surface area contributed by atoms with Crippen LogP contribution in [0.5, 0.6) is 0 Å². The average molecular weight is 255 g/mol. The van der Waals surface area contributed by atoms with Gasteiger partial charge in [0.15, 0.2) is 5.78 Å². The predicted octanol–water partition coefficient (Wildman–Crippen LogP) is -0.558. The van der Waals surface area contributed by atoms with Crippen LogP contribution in [0.1, 0.15) is 20.8 Å². The predicted molar refractivity (Wildman–Crippen MR) is 68.7 cm³/mol. The number of hydrogen-bond donors (Lipinski definition) is 2. The summed E-state index contributed by atoms with van der Waals surface area (Å²) in [7, 11) is 1.77. The second-order valence-electron chi connectivity index (χ2n) is 4.07. The number of likely N-dealkylation sites (tertiary alicyclic amines) is 1. The number of hydrogen-bond acceptors (Lipinski definition) is 4. The molecule has 0 aromatic heterocycles. The Kier molecular flexibility index (Phi) is 6.26. The van der Waals surface area contributed by atoms with Crippen LogP contribution in [0.4, 0.5) is 0 Å². The number of likely N-dealkylation sites (N-methyl/N-ethyl adjacent to an activating group) is 1. The maximum Gasteiger partial charge on any atom is 0.247 e. The van der Waals surface area contributed by atoms with Gasteiger partial charge in [0.1, 0.15) is 6.04 Å². The Labute approximate surface area is 107 Å². The second-order valence-corrected chi connectivity index (χ2v) is 4.07. The standard InChI is InChI=1S/C11H17N3O3.CH4/c1-7(15)3-4-10(16)14-6-8(13-2)5-9(14)11(12)17;/h3-4,8-9,13H,5-6H2,1-2H3,(H2,12,17);1H4/b4-3+;/t8-,9+;/m1./s1. The minimum absolute atomic E-state index is 0. The number of primary amides is 1. The zero-order valence-corrected chi connectivity index (χ0v) is 9.97. The quantitative estimate of drug-likeness (QED) is 0.659. The van der Waals surface area contributed by atoms with Crippen molar-refractivity contribution in [3.63, 3.8) is 0 Å². The fourth-order valence-corrected chi connectivity index (χ4v) is 1.84. The summed E-state index contributed by atoms with van der Waals surface area (Å²) in [5.74, 6) is -1.09. The van der Waals surface area contributed by atoms with Crippen molar-refractivity contribution in [1.82, 2.24) is 10.2 Å². The smallest absolute Gasteiger partial charge is 0.247 e. The molecule has 0 aliphatic carbocycles. The summed E-state index contributed by atoms with van der Waals surface area (Å²) in [4.78, 5) is 35.1. The first-order chi connectivity index (χ1) is 7.95. The Balaban J connectivity index is 0.00000289. The number of carbonyl (C=O) groups is 3. The van der Waals surface area contributed by atoms with Gasteiger partial charge in [-0.1, -0.05) is 7.43 Å². The molecule has 0 aromatic rings. The van der Waals surface area contributed by atoms with Gasteiger partial charge in [-0.25, -0.2) is 0 Å². The van der Waals surface area contributed by atoms with Gasteiger partial charge in [-0.3, -0.25) is 14.4 Å². The SMILES string of the molecule is C.CN[C@@H]1C[C@@H](C(N)=O)N(C(=O)/C=C/C(C)=O)C1. The third-order valence-corrected chi connectivity index (χ3v) is 2.78. The monoisotopic (exact) mass is 255 g/mol. The molecule has 3 N–H and O–H groups in total. The summed E-state index contributed by atoms with van der Waals surface area (Å²) in [6, 6.07) is -0.543. The number of amides is 2. The van der Waals surface area contributed by atoms with Crippen molar-refractivity contribution in [2.75, 3.05) is 13.6 Å². The molecule has 1 fully saturated rings. The van der Waals surface area contributed by atoms with Gasteiger partial charge in [0, 0.05) is 18.7 Å². The summed E-state index contributed by atoms with van der Waals surface area (Å²) in [5, 5.41) is 3.01. The molecule has 0 spiro atoms. The van der Waals surface area contributed by atoms with Crippen LogP contribution in [0.15, 0.2) is 12.2 Å². The number of allylic oxidation sites excluding steroid dienone is 1. The van der Waals surface area contributed by atoms with Crippen molar-refractivity contribution < 1.29 is 14.4 Å². The second kappa shape index (κ2) is 6.90. The molecule has 1 heterocycles. The van der Waals surface area contributed by atoms with Crippen molar-refractivity contribution in [3.05, 3.63) is 12.2 Å². The first kappa shape index (κ1) is 16.3. The van der Waals surface area contributed by atoms with Crippen molar-refractivity contribution in [3.8, 4) is 0 Å². The van der Waals surface area contributed by atoms with Crippen LogP contribution in [0.3, 0.4) is 0 Å². The normalized spacial score (nSPS) is 22.9. The molecule has 2 atom stereocenters. The van der Waals surface area contributed by atoms with Crippen LogP contribution in [0, 0.1) is 0 Å². The third kappa shape index (κ3) is 3.96. The fourth-order valence-electron chi connectivity index (χ4n) is 1.84. The highest BCUT2D eigenvalue weighted by atomic mass is 16.2. The van der Waals surface area contributed by atoms with E-state index in [1.807, 2.05) is 0 Å². The number of rotatable bonds is 4. The average Bonchev–Trinajstić information content (AvgIpc) is 2.69. The molecule has 102 valence electrons. The molecule has 0 aromatic carbocycles. The molecular formula is C12H21N3O3. The molecule has 0 bridgehead atoms. The van der Waals surface area contributed by atoms with Gasteiger partial charge in [0.2, 0.25) is 11.8 Å². The molecule has 1 aliphatic rings. The van der Waals surface area contributed by atoms with E-state index in [1.165, 1.54) is 24.0 Å². The van der Waals surface area contributed by atoms with E-state index in [-0.39, 0.29) is 25.2 Å². The summed E-state index contributed by atoms with van der Waals surface area (Å²) in [5.41, 5.74) is 5.25. The van der Waals surface area contributed by atoms with Gasteiger partial charge in [-0.2, -0.15) is 0 Å². The maximum atomic E-state index is 11.8. The highest BCUT2D eigenvalue weighted by Gasteiger charge is 2.36. The number of nitrogens with one attached hydrogen (secondary N) is 1. The molecule has 0 saturated carbocycles. The lowest BCUT2D eigenvalue weighted by Gasteiger charge is -2.20. The summed E-state index contributed by atoms with van der Waals surface area (Å²) >= 11 is 0. The molecule has 1 rings (SSSR count). The van der Waals surface area contributed by atoms with Gasteiger partial charge in [-0.05, 0) is 26.5 Å². The molecular weight excluding hydrogens is 234 g/mol. The Morgan fingerprint density at radius 3 is 2.39 bits per heavy atom. The number of carbonyl (C=O) groups excluding carboxylic acids is 3. The van der Waals surface area contributed by atoms with Crippen LogP contribution in [-0.2, 0) is 14.4 Å². The van der Waals surface area contributed by atoms with E-state index < -0.39 is 11.9 Å². The van der Waals surface area contributed by atoms with Crippen LogP contribution in [0.2, 0.25) is 0 Å². The Morgan fingerprint density at radius 1 is 1.33 bits per heavy atom. The number of ketones is 1. The summed E-state index contributed by atoms with van der Waals surface area (Å²) in [6.45, 7) is 1.78. The Hall–Kier alpha value is -1.69. The molecule has 6 nitrogen and oxygen atoms in total. The lowest BCUT2D eigenvalue weighted by atomic mass is 10.1. The third-order valence-electron chi connectivity index (χ3n) is 2.78. The minimum atomic E-state index is -0.600. The van der Waals surface area contributed by atoms with Gasteiger partial charge in [0.25, 0.3) is 0 Å². The minimum Gasteiger partial charge on any atom is -0.368 e. The maximum absolute atomic E-state index is 11.8. The number of nitrogens with two attached hydrogens (primary N) is 1. The lowest BCUT2D eigenvalue weighted by molar-refractivity contribution is -0.133. The number of nitrogens with zero attached hydrogens (tertiary/aromatic N) is 1. The largest absolute Gasteiger partial charge is 0.368 e. The van der Waals surface area contributed by atoms with Crippen molar-refractivity contribution in [2.24, 2.45) is 5.73 Å². The zero-order chi connectivity index (χ0) is 13.0. The van der Waals surface area contributed by atoms with Crippen LogP contribution >= 0.6 is 0 Å². The first-order valence-corrected chi connectivity index (χ1v) is 5.41. The first-order valence-electron chi connectivity index (χ1n) is 5.41. The van der Waals surface area contributed by atoms with Crippen molar-refractivity contribution in [2.45, 2.75) is 32.9 Å². The Morgan fingerprint density at radius 2 is 1.94 bits per heavy atom. The summed E-state index contributed by atoms with van der Waals surface area (Å²) < 4.78 is 0. The van der Waals surface area contributed by atoms with E-state index in [0.29, 0.717) is 13.0 Å². The van der Waals surface area contributed by atoms with E-state index in [4.69, 9.17) is 5.73 Å². The van der Waals surface area contributed by atoms with E-state index in [1.54, 1.807) is 7.05 Å². The van der Waals surface area contributed by atoms with Crippen LogP contribution < -0.4 is 11.1 Å². The molecule has 6 heteroatoms. The molecule has 0 radical (unpaired) electrons. The summed E-state index contributed by atoms with van der Waals surface area (Å²) in [6.07, 6.45) is 2.87. The van der Waals surface area contributed by atoms with Gasteiger partial charge in [0.05, 0.1) is 0 Å². The van der Waals surface area contributed by atoms with Crippen molar-refractivity contribution in [1.29, 1.82) is 0 Å². The Bertz CT molecular complexity index is 366. The van der Waals surface area contributed by atoms with E-state index in [2.05, 4.69) is 5.32 Å². The van der Waals surface area contributed by atoms with E-state index in [9.17, 15) is 14.4 Å². The molecule has 2 amide bonds. The highest BCUT2D eigenvalue weighted by molar-refractivity contribution is 5.98. The fraction of sp³-hybridized carbons (Fsp3) is 0.583. The van der Waals surface area contributed by atoms with E-state index in [0.717, 1.165) is 0 Å².